The molecule has 44 heavy (non-hydrogen) atoms. The summed E-state index contributed by atoms with van der Waals surface area (Å²) in [6, 6.07) is 77.9. The summed E-state index contributed by atoms with van der Waals surface area (Å²) in [4.78, 5) is 0. The zero-order valence-electron chi connectivity index (χ0n) is 24.6. The van der Waals surface area contributed by atoms with Gasteiger partial charge >= 0.3 is 274 Å². The second-order valence-electron chi connectivity index (χ2n) is 11.3. The summed E-state index contributed by atoms with van der Waals surface area (Å²) in [5.74, 6) is 0. The minimum absolute atomic E-state index is 1.48. The van der Waals surface area contributed by atoms with Crippen LogP contribution < -0.4 is 25.0 Å². The Kier molecular flexibility index (Phi) is 8.71. The van der Waals surface area contributed by atoms with Crippen molar-refractivity contribution >= 4 is 67.3 Å². The fourth-order valence-corrected chi connectivity index (χ4v) is 44.0. The first-order valence-corrected chi connectivity index (χ1v) is 30.8. The van der Waals surface area contributed by atoms with Crippen LogP contribution in [0, 0.1) is 0 Å². The normalized spacial score (nSPS) is 11.6. The third kappa shape index (κ3) is 5.12. The average Bonchev–Trinajstić information content (AvgIpc) is 3.12. The quantitative estimate of drug-likeness (QED) is 0.198. The Bertz CT molecular complexity index is 1570. The second-order valence-corrected chi connectivity index (χ2v) is 40.9. The van der Waals surface area contributed by atoms with Crippen molar-refractivity contribution in [2.45, 2.75) is 0 Å². The van der Waals surface area contributed by atoms with E-state index in [1.54, 1.807) is 0 Å². The van der Waals surface area contributed by atoms with Crippen molar-refractivity contribution in [1.29, 1.82) is 0 Å². The van der Waals surface area contributed by atoms with Gasteiger partial charge in [0.25, 0.3) is 0 Å². The van der Waals surface area contributed by atoms with Crippen molar-refractivity contribution in [3.63, 3.8) is 0 Å². The van der Waals surface area contributed by atoms with Crippen LogP contribution >= 0.6 is 0 Å². The van der Waals surface area contributed by atoms with E-state index in [9.17, 15) is 0 Å². The van der Waals surface area contributed by atoms with Gasteiger partial charge in [-0.1, -0.05) is 0 Å². The van der Waals surface area contributed by atoms with E-state index >= 15 is 0 Å². The average molecular weight is 953 g/mol. The SMILES string of the molecule is c1cc[c]([Pb]([c]2ccccc2)([c]2ccccc2)[c]2cc[c]([Pb]([c]3ccccc3)([c]3ccccc3)[c]3ccccc3)cc2)cc1. The molecule has 7 aromatic rings. The Balaban J connectivity index is 1.52. The molecule has 0 aromatic heterocycles. The molecule has 210 valence electrons. The summed E-state index contributed by atoms with van der Waals surface area (Å²) >= 11 is -7.75. The molecule has 0 heterocycles. The van der Waals surface area contributed by atoms with Crippen LogP contribution in [0.5, 0.6) is 0 Å². The Morgan fingerprint density at radius 2 is 0.295 bits per heavy atom. The van der Waals surface area contributed by atoms with Gasteiger partial charge in [-0.2, -0.15) is 0 Å². The molecule has 2 heteroatoms. The molecule has 0 N–H and O–H groups in total. The third-order valence-corrected chi connectivity index (χ3v) is 46.3. The van der Waals surface area contributed by atoms with Gasteiger partial charge in [-0.25, -0.2) is 0 Å². The maximum atomic E-state index is 2.51. The Morgan fingerprint density at radius 1 is 0.159 bits per heavy atom. The Morgan fingerprint density at radius 3 is 0.455 bits per heavy atom. The molecule has 0 radical (unpaired) electrons. The monoisotopic (exact) mass is 954 g/mol. The van der Waals surface area contributed by atoms with Crippen LogP contribution in [-0.2, 0) is 0 Å². The standard InChI is InChI=1S/6C6H5.C6H4.2Pb/c7*1-2-4-6-5-3-1;;/h6*1-5H;1-2,5-6H;;. The molecule has 7 aromatic carbocycles. The van der Waals surface area contributed by atoms with Gasteiger partial charge in [0, 0.05) is 0 Å². The molecule has 0 fully saturated rings. The molecule has 0 saturated carbocycles. The molecule has 0 spiro atoms. The van der Waals surface area contributed by atoms with E-state index in [1.807, 2.05) is 0 Å². The first-order valence-electron chi connectivity index (χ1n) is 15.3. The van der Waals surface area contributed by atoms with E-state index in [0.717, 1.165) is 0 Å². The maximum absolute atomic E-state index is 3.87. The summed E-state index contributed by atoms with van der Waals surface area (Å²) < 4.78 is 11.9. The topological polar surface area (TPSA) is 0 Å². The van der Waals surface area contributed by atoms with Crippen molar-refractivity contribution in [2.24, 2.45) is 0 Å². The van der Waals surface area contributed by atoms with Gasteiger partial charge in [-0.05, 0) is 0 Å². The van der Waals surface area contributed by atoms with Gasteiger partial charge < -0.3 is 0 Å². The Hall–Kier alpha value is -3.62. The van der Waals surface area contributed by atoms with Crippen LogP contribution in [0.1, 0.15) is 0 Å². The van der Waals surface area contributed by atoms with Gasteiger partial charge in [0.05, 0.1) is 0 Å². The van der Waals surface area contributed by atoms with Gasteiger partial charge in [0.2, 0.25) is 0 Å². The zero-order chi connectivity index (χ0) is 29.7. The molecule has 0 bridgehead atoms. The molecule has 0 nitrogen and oxygen atoms in total. The minimum atomic E-state index is -3.87. The predicted octanol–water partition coefficient (Wildman–Crippen LogP) is 4.44. The first-order chi connectivity index (χ1) is 21.8. The van der Waals surface area contributed by atoms with Gasteiger partial charge in [0.15, 0.2) is 0 Å². The van der Waals surface area contributed by atoms with Crippen LogP contribution in [0.4, 0.5) is 0 Å². The van der Waals surface area contributed by atoms with E-state index in [4.69, 9.17) is 0 Å². The molecule has 0 amide bonds. The van der Waals surface area contributed by atoms with E-state index in [2.05, 4.69) is 206 Å². The zero-order valence-corrected chi connectivity index (χ0v) is 32.4. The number of rotatable bonds is 8. The van der Waals surface area contributed by atoms with Crippen LogP contribution in [0.2, 0.25) is 0 Å². The summed E-state index contributed by atoms with van der Waals surface area (Å²) in [6.07, 6.45) is 0. The molecule has 0 unspecified atom stereocenters. The summed E-state index contributed by atoms with van der Waals surface area (Å²) in [6.45, 7) is 0. The summed E-state index contributed by atoms with van der Waals surface area (Å²) in [7, 11) is 0. The first kappa shape index (κ1) is 29.1. The predicted molar refractivity (Wildman–Crippen MR) is 194 cm³/mol. The van der Waals surface area contributed by atoms with Crippen molar-refractivity contribution in [3.8, 4) is 0 Å². The fourth-order valence-electron chi connectivity index (χ4n) is 7.10. The fraction of sp³-hybridized carbons (Fsp3) is 0. The van der Waals surface area contributed by atoms with Crippen LogP contribution in [0.3, 0.4) is 0 Å². The molecule has 0 atom stereocenters. The molecule has 7 rings (SSSR count). The van der Waals surface area contributed by atoms with Crippen molar-refractivity contribution < 1.29 is 0 Å². The van der Waals surface area contributed by atoms with Crippen molar-refractivity contribution in [2.75, 3.05) is 0 Å². The summed E-state index contributed by atoms with van der Waals surface area (Å²) in [5, 5.41) is 0. The molecule has 0 aliphatic carbocycles. The van der Waals surface area contributed by atoms with Gasteiger partial charge in [0.1, 0.15) is 0 Å². The summed E-state index contributed by atoms with van der Waals surface area (Å²) in [5.41, 5.74) is 0. The number of hydrogen-bond acceptors (Lipinski definition) is 0. The molecule has 0 aliphatic heterocycles. The van der Waals surface area contributed by atoms with Gasteiger partial charge in [-0.15, -0.1) is 0 Å². The number of benzene rings is 7. The number of hydrogen-bond donors (Lipinski definition) is 0. The van der Waals surface area contributed by atoms with Crippen LogP contribution in [0.25, 0.3) is 0 Å². The Labute approximate surface area is 271 Å². The third-order valence-electron chi connectivity index (χ3n) is 8.99. The van der Waals surface area contributed by atoms with Gasteiger partial charge in [-0.3, -0.25) is 0 Å². The molecule has 0 saturated heterocycles. The van der Waals surface area contributed by atoms with Crippen LogP contribution in [0.15, 0.2) is 206 Å². The van der Waals surface area contributed by atoms with E-state index in [1.165, 1.54) is 25.0 Å². The van der Waals surface area contributed by atoms with Crippen molar-refractivity contribution in [1.82, 2.24) is 0 Å². The van der Waals surface area contributed by atoms with E-state index in [0.29, 0.717) is 0 Å². The molecular formula is C42H34Pb2. The van der Waals surface area contributed by atoms with Crippen molar-refractivity contribution in [3.05, 3.63) is 206 Å². The molecular weight excluding hydrogens is 919 g/mol. The van der Waals surface area contributed by atoms with Crippen LogP contribution in [-0.4, -0.2) is 42.3 Å². The second kappa shape index (κ2) is 13.2. The molecule has 0 aliphatic rings. The van der Waals surface area contributed by atoms with E-state index < -0.39 is 42.3 Å². The van der Waals surface area contributed by atoms with E-state index in [-0.39, 0.29) is 0 Å².